The van der Waals surface area contributed by atoms with Crippen molar-refractivity contribution in [2.75, 3.05) is 24.3 Å². The van der Waals surface area contributed by atoms with E-state index < -0.39 is 35.9 Å². The first-order valence-corrected chi connectivity index (χ1v) is 7.13. The number of alkyl halides is 4. The summed E-state index contributed by atoms with van der Waals surface area (Å²) in [6.07, 6.45) is -5.64. The van der Waals surface area contributed by atoms with E-state index in [9.17, 15) is 22.4 Å². The van der Waals surface area contributed by atoms with E-state index in [-0.39, 0.29) is 24.4 Å². The molecule has 0 fully saturated rings. The van der Waals surface area contributed by atoms with Gasteiger partial charge in [0.1, 0.15) is 11.4 Å². The maximum Gasteiger partial charge on any atom is 0.420 e. The first-order valence-electron chi connectivity index (χ1n) is 7.13. The lowest BCUT2D eigenvalue weighted by Crippen LogP contribution is -2.27. The molecule has 0 aliphatic carbocycles. The molecule has 1 aromatic carbocycles. The normalized spacial score (nSPS) is 12.0. The number of anilines is 2. The van der Waals surface area contributed by atoms with E-state index >= 15 is 0 Å². The molecule has 0 unspecified atom stereocenters. The molecule has 5 nitrogen and oxygen atoms in total. The molecule has 1 amide bonds. The van der Waals surface area contributed by atoms with E-state index in [2.05, 4.69) is 5.32 Å². The fourth-order valence-electron chi connectivity index (χ4n) is 1.70. The predicted octanol–water partition coefficient (Wildman–Crippen LogP) is 4.37. The number of carbonyl (C=O) groups is 1. The molecule has 24 heavy (non-hydrogen) atoms. The van der Waals surface area contributed by atoms with E-state index in [4.69, 9.17) is 15.2 Å². The third-order valence-electron chi connectivity index (χ3n) is 2.63. The summed E-state index contributed by atoms with van der Waals surface area (Å²) in [6, 6.07) is 1.60. The van der Waals surface area contributed by atoms with E-state index in [1.165, 1.54) is 0 Å². The first-order chi connectivity index (χ1) is 10.9. The molecule has 136 valence electrons. The summed E-state index contributed by atoms with van der Waals surface area (Å²) < 4.78 is 61.2. The Kier molecular flexibility index (Phi) is 6.28. The van der Waals surface area contributed by atoms with Crippen LogP contribution in [0.3, 0.4) is 0 Å². The number of rotatable bonds is 5. The number of nitrogens with two attached hydrogens (primary N) is 1. The van der Waals surface area contributed by atoms with Crippen molar-refractivity contribution in [2.24, 2.45) is 0 Å². The first kappa shape index (κ1) is 19.9. The molecule has 1 rings (SSSR count). The third kappa shape index (κ3) is 6.13. The summed E-state index contributed by atoms with van der Waals surface area (Å²) in [5, 5.41) is 2.27. The number of carbonyl (C=O) groups excluding carboxylic acids is 1. The number of halogens is 4. The second-order valence-corrected chi connectivity index (χ2v) is 5.95. The van der Waals surface area contributed by atoms with Gasteiger partial charge in [-0.1, -0.05) is 0 Å². The highest BCUT2D eigenvalue weighted by atomic mass is 19.4. The molecule has 0 saturated carbocycles. The fourth-order valence-corrected chi connectivity index (χ4v) is 1.70. The fraction of sp³-hybridized carbons (Fsp3) is 0.533. The molecule has 0 spiro atoms. The van der Waals surface area contributed by atoms with Crippen molar-refractivity contribution in [1.29, 1.82) is 0 Å². The van der Waals surface area contributed by atoms with Gasteiger partial charge in [-0.15, -0.1) is 0 Å². The van der Waals surface area contributed by atoms with Gasteiger partial charge in [0.05, 0.1) is 30.2 Å². The largest absolute Gasteiger partial charge is 0.493 e. The molecule has 0 bridgehead atoms. The van der Waals surface area contributed by atoms with E-state index in [0.29, 0.717) is 6.07 Å². The van der Waals surface area contributed by atoms with Crippen LogP contribution in [0.15, 0.2) is 12.1 Å². The molecule has 0 saturated heterocycles. The average molecular weight is 352 g/mol. The Bertz CT molecular complexity index is 583. The topological polar surface area (TPSA) is 73.6 Å². The maximum absolute atomic E-state index is 13.0. The highest BCUT2D eigenvalue weighted by Crippen LogP contribution is 2.40. The van der Waals surface area contributed by atoms with Crippen molar-refractivity contribution in [1.82, 2.24) is 0 Å². The van der Waals surface area contributed by atoms with Crippen molar-refractivity contribution in [2.45, 2.75) is 39.0 Å². The van der Waals surface area contributed by atoms with Crippen LogP contribution in [-0.4, -0.2) is 25.0 Å². The Morgan fingerprint density at radius 3 is 2.38 bits per heavy atom. The molecule has 0 atom stereocenters. The van der Waals surface area contributed by atoms with Gasteiger partial charge in [-0.25, -0.2) is 4.79 Å². The summed E-state index contributed by atoms with van der Waals surface area (Å²) in [7, 11) is 0. The van der Waals surface area contributed by atoms with Gasteiger partial charge in [-0.05, 0) is 26.8 Å². The predicted molar refractivity (Wildman–Crippen MR) is 81.8 cm³/mol. The van der Waals surface area contributed by atoms with Gasteiger partial charge >= 0.3 is 12.3 Å². The lowest BCUT2D eigenvalue weighted by molar-refractivity contribution is -0.138. The SMILES string of the molecule is CC(C)(C)OC(=O)Nc1cc(OCCCF)c(C(F)(F)F)cc1N. The van der Waals surface area contributed by atoms with Crippen LogP contribution >= 0.6 is 0 Å². The smallest absolute Gasteiger partial charge is 0.420 e. The van der Waals surface area contributed by atoms with Crippen molar-refractivity contribution >= 4 is 17.5 Å². The van der Waals surface area contributed by atoms with E-state index in [0.717, 1.165) is 6.07 Å². The number of ether oxygens (including phenoxy) is 2. The molecule has 0 aliphatic rings. The van der Waals surface area contributed by atoms with Gasteiger partial charge in [-0.3, -0.25) is 9.71 Å². The standard InChI is InChI=1S/C15H20F4N2O3/c1-14(2,3)24-13(22)21-11-8-12(23-6-4-5-16)9(7-10(11)20)15(17,18)19/h7-8H,4-6,20H2,1-3H3,(H,21,22). The van der Waals surface area contributed by atoms with Crippen molar-refractivity contribution < 1.29 is 31.8 Å². The lowest BCUT2D eigenvalue weighted by Gasteiger charge is -2.21. The summed E-state index contributed by atoms with van der Waals surface area (Å²) in [5.74, 6) is -0.545. The summed E-state index contributed by atoms with van der Waals surface area (Å²) >= 11 is 0. The molecule has 0 heterocycles. The summed E-state index contributed by atoms with van der Waals surface area (Å²) in [5.41, 5.74) is 3.29. The van der Waals surface area contributed by atoms with Crippen LogP contribution in [-0.2, 0) is 10.9 Å². The van der Waals surface area contributed by atoms with Gasteiger partial charge in [-0.2, -0.15) is 13.2 Å². The zero-order valence-corrected chi connectivity index (χ0v) is 13.6. The molecule has 1 aromatic rings. The average Bonchev–Trinajstić information content (AvgIpc) is 2.38. The van der Waals surface area contributed by atoms with Crippen molar-refractivity contribution in [3.63, 3.8) is 0 Å². The number of hydrogen-bond donors (Lipinski definition) is 2. The number of nitrogens with one attached hydrogen (secondary N) is 1. The molecule has 0 aliphatic heterocycles. The number of benzene rings is 1. The van der Waals surface area contributed by atoms with Gasteiger partial charge in [0.15, 0.2) is 0 Å². The van der Waals surface area contributed by atoms with Crippen molar-refractivity contribution in [3.8, 4) is 5.75 Å². The van der Waals surface area contributed by atoms with Gasteiger partial charge in [0, 0.05) is 12.5 Å². The van der Waals surface area contributed by atoms with Crippen LogP contribution in [0.5, 0.6) is 5.75 Å². The Morgan fingerprint density at radius 1 is 1.25 bits per heavy atom. The Labute approximate surface area is 137 Å². The van der Waals surface area contributed by atoms with Crippen LogP contribution in [0.4, 0.5) is 33.7 Å². The second-order valence-electron chi connectivity index (χ2n) is 5.95. The molecular weight excluding hydrogens is 332 g/mol. The maximum atomic E-state index is 13.0. The minimum atomic E-state index is -4.70. The van der Waals surface area contributed by atoms with Gasteiger partial charge in [0.25, 0.3) is 0 Å². The quantitative estimate of drug-likeness (QED) is 0.469. The number of amides is 1. The zero-order chi connectivity index (χ0) is 18.5. The minimum Gasteiger partial charge on any atom is -0.493 e. The molecule has 0 radical (unpaired) electrons. The second kappa shape index (κ2) is 7.59. The summed E-state index contributed by atoms with van der Waals surface area (Å²) in [4.78, 5) is 11.7. The number of hydrogen-bond acceptors (Lipinski definition) is 4. The van der Waals surface area contributed by atoms with Crippen LogP contribution < -0.4 is 15.8 Å². The highest BCUT2D eigenvalue weighted by Gasteiger charge is 2.35. The summed E-state index contributed by atoms with van der Waals surface area (Å²) in [6.45, 7) is 3.94. The minimum absolute atomic E-state index is 0.0590. The Hall–Kier alpha value is -2.19. The highest BCUT2D eigenvalue weighted by molar-refractivity contribution is 5.90. The zero-order valence-electron chi connectivity index (χ0n) is 13.6. The third-order valence-corrected chi connectivity index (χ3v) is 2.63. The number of nitrogen functional groups attached to an aromatic ring is 1. The van der Waals surface area contributed by atoms with Gasteiger partial charge in [0.2, 0.25) is 0 Å². The molecule has 3 N–H and O–H groups in total. The van der Waals surface area contributed by atoms with E-state index in [1.54, 1.807) is 20.8 Å². The Balaban J connectivity index is 3.09. The monoisotopic (exact) mass is 352 g/mol. The van der Waals surface area contributed by atoms with Gasteiger partial charge < -0.3 is 15.2 Å². The van der Waals surface area contributed by atoms with Crippen LogP contribution in [0.25, 0.3) is 0 Å². The molecule has 0 aromatic heterocycles. The molecular formula is C15H20F4N2O3. The lowest BCUT2D eigenvalue weighted by atomic mass is 10.1. The molecule has 9 heteroatoms. The Morgan fingerprint density at radius 2 is 1.88 bits per heavy atom. The van der Waals surface area contributed by atoms with Crippen LogP contribution in [0.2, 0.25) is 0 Å². The van der Waals surface area contributed by atoms with Crippen molar-refractivity contribution in [3.05, 3.63) is 17.7 Å². The van der Waals surface area contributed by atoms with Crippen LogP contribution in [0, 0.1) is 0 Å². The van der Waals surface area contributed by atoms with E-state index in [1.807, 2.05) is 0 Å². The van der Waals surface area contributed by atoms with Crippen LogP contribution in [0.1, 0.15) is 32.8 Å².